The molecule has 1 aliphatic carbocycles. The minimum absolute atomic E-state index is 0.0679. The molecular formula is C30H29N3O4. The number of aromatic nitrogens is 1. The van der Waals surface area contributed by atoms with Crippen LogP contribution >= 0.6 is 0 Å². The lowest BCUT2D eigenvalue weighted by molar-refractivity contribution is -0.124. The number of carbonyl (C=O) groups is 2. The first kappa shape index (κ1) is 24.3. The summed E-state index contributed by atoms with van der Waals surface area (Å²) >= 11 is 0. The second kappa shape index (κ2) is 10.3. The first-order valence-corrected chi connectivity index (χ1v) is 12.3. The van der Waals surface area contributed by atoms with E-state index >= 15 is 0 Å². The average molecular weight is 496 g/mol. The van der Waals surface area contributed by atoms with Gasteiger partial charge in [0, 0.05) is 42.3 Å². The molecule has 0 radical (unpaired) electrons. The highest BCUT2D eigenvalue weighted by Gasteiger charge is 2.31. The lowest BCUT2D eigenvalue weighted by Gasteiger charge is -2.30. The van der Waals surface area contributed by atoms with Gasteiger partial charge in [-0.05, 0) is 77.9 Å². The van der Waals surface area contributed by atoms with Crippen molar-refractivity contribution in [3.8, 4) is 5.75 Å². The van der Waals surface area contributed by atoms with Crippen LogP contribution in [-0.4, -0.2) is 38.1 Å². The number of phenolic OH excluding ortho intramolecular Hbond substituents is 1. The van der Waals surface area contributed by atoms with Crippen molar-refractivity contribution in [3.63, 3.8) is 0 Å². The molecule has 0 saturated heterocycles. The molecule has 1 unspecified atom stereocenters. The Hall–Kier alpha value is -4.36. The molecule has 0 fully saturated rings. The number of rotatable bonds is 7. The van der Waals surface area contributed by atoms with E-state index in [0.29, 0.717) is 18.5 Å². The van der Waals surface area contributed by atoms with Crippen LogP contribution in [0.5, 0.6) is 5.75 Å². The van der Waals surface area contributed by atoms with Crippen LogP contribution in [0.25, 0.3) is 17.0 Å². The molecule has 1 aromatic heterocycles. The minimum atomic E-state index is -0.586. The van der Waals surface area contributed by atoms with Crippen molar-refractivity contribution < 1.29 is 19.9 Å². The fourth-order valence-electron chi connectivity index (χ4n) is 5.29. The van der Waals surface area contributed by atoms with E-state index < -0.39 is 5.91 Å². The van der Waals surface area contributed by atoms with E-state index in [4.69, 9.17) is 5.21 Å². The molecule has 37 heavy (non-hydrogen) atoms. The standard InChI is InChI=1S/C30H29N3O4/c1-32-19-23(25-4-2-3-5-27(25)32)16-17-33(30(36)21-8-11-24(34)12-9-21)28-14-10-22-18-20(6-13-26(22)28)7-15-29(35)31-37/h2-9,11-13,15,18-19,28,34,37H,10,14,16-17H2,1H3,(H,31,35)/b15-7+. The van der Waals surface area contributed by atoms with Crippen molar-refractivity contribution in [2.75, 3.05) is 6.54 Å². The number of amides is 2. The number of benzene rings is 3. The van der Waals surface area contributed by atoms with E-state index in [-0.39, 0.29) is 17.7 Å². The maximum Gasteiger partial charge on any atom is 0.267 e. The first-order chi connectivity index (χ1) is 17.9. The molecule has 1 aliphatic rings. The smallest absolute Gasteiger partial charge is 0.267 e. The first-order valence-electron chi connectivity index (χ1n) is 12.3. The Bertz CT molecular complexity index is 1490. The lowest BCUT2D eigenvalue weighted by Crippen LogP contribution is -2.35. The molecule has 3 N–H and O–H groups in total. The zero-order valence-electron chi connectivity index (χ0n) is 20.6. The van der Waals surface area contributed by atoms with Crippen molar-refractivity contribution >= 4 is 28.8 Å². The molecule has 1 atom stereocenters. The van der Waals surface area contributed by atoms with Crippen molar-refractivity contribution in [1.29, 1.82) is 0 Å². The third-order valence-corrected chi connectivity index (χ3v) is 7.10. The quantitative estimate of drug-likeness (QED) is 0.195. The van der Waals surface area contributed by atoms with Crippen LogP contribution in [0.1, 0.15) is 45.1 Å². The molecule has 5 rings (SSSR count). The van der Waals surface area contributed by atoms with Crippen LogP contribution < -0.4 is 5.48 Å². The van der Waals surface area contributed by atoms with Gasteiger partial charge in [0.2, 0.25) is 0 Å². The Morgan fingerprint density at radius 3 is 2.68 bits per heavy atom. The Balaban J connectivity index is 1.45. The Kier molecular flexibility index (Phi) is 6.79. The number of carbonyl (C=O) groups excluding carboxylic acids is 2. The van der Waals surface area contributed by atoms with Gasteiger partial charge in [0.05, 0.1) is 6.04 Å². The molecule has 0 aliphatic heterocycles. The number of fused-ring (bicyclic) bond motifs is 2. The topological polar surface area (TPSA) is 94.8 Å². The molecule has 0 bridgehead atoms. The normalized spacial score (nSPS) is 14.7. The summed E-state index contributed by atoms with van der Waals surface area (Å²) in [6.45, 7) is 0.552. The number of para-hydroxylation sites is 1. The molecular weight excluding hydrogens is 466 g/mol. The largest absolute Gasteiger partial charge is 0.508 e. The molecule has 0 spiro atoms. The molecule has 4 aromatic rings. The van der Waals surface area contributed by atoms with Crippen molar-refractivity contribution in [3.05, 3.63) is 107 Å². The van der Waals surface area contributed by atoms with Gasteiger partial charge in [0.15, 0.2) is 0 Å². The van der Waals surface area contributed by atoms with Gasteiger partial charge in [-0.25, -0.2) is 5.48 Å². The maximum absolute atomic E-state index is 13.8. The summed E-state index contributed by atoms with van der Waals surface area (Å²) < 4.78 is 2.12. The lowest BCUT2D eigenvalue weighted by atomic mass is 10.0. The van der Waals surface area contributed by atoms with Crippen molar-refractivity contribution in [1.82, 2.24) is 14.9 Å². The summed E-state index contributed by atoms with van der Waals surface area (Å²) in [5.41, 5.74) is 7.60. The van der Waals surface area contributed by atoms with Crippen LogP contribution in [0.2, 0.25) is 0 Å². The van der Waals surface area contributed by atoms with Crippen LogP contribution in [0.3, 0.4) is 0 Å². The van der Waals surface area contributed by atoms with Crippen molar-refractivity contribution in [2.24, 2.45) is 7.05 Å². The predicted octanol–water partition coefficient (Wildman–Crippen LogP) is 4.77. The van der Waals surface area contributed by atoms with E-state index in [1.807, 2.05) is 42.3 Å². The zero-order valence-corrected chi connectivity index (χ0v) is 20.6. The summed E-state index contributed by atoms with van der Waals surface area (Å²) in [6, 6.07) is 20.6. The SMILES string of the molecule is Cn1cc(CCN(C(=O)c2ccc(O)cc2)C2CCc3cc(/C=C/C(=O)NO)ccc32)c2ccccc21. The van der Waals surface area contributed by atoms with Crippen LogP contribution in [0.4, 0.5) is 0 Å². The summed E-state index contributed by atoms with van der Waals surface area (Å²) in [6.07, 6.45) is 7.41. The van der Waals surface area contributed by atoms with Gasteiger partial charge in [-0.15, -0.1) is 0 Å². The predicted molar refractivity (Wildman–Crippen MR) is 142 cm³/mol. The third kappa shape index (κ3) is 4.99. The van der Waals surface area contributed by atoms with E-state index in [2.05, 4.69) is 22.9 Å². The second-order valence-electron chi connectivity index (χ2n) is 9.40. The van der Waals surface area contributed by atoms with E-state index in [0.717, 1.165) is 35.0 Å². The van der Waals surface area contributed by atoms with Gasteiger partial charge in [-0.2, -0.15) is 0 Å². The van der Waals surface area contributed by atoms with Crippen LogP contribution in [-0.2, 0) is 24.7 Å². The molecule has 3 aromatic carbocycles. The Morgan fingerprint density at radius 2 is 1.89 bits per heavy atom. The number of aryl methyl sites for hydroxylation is 2. The molecule has 1 heterocycles. The van der Waals surface area contributed by atoms with Gasteiger partial charge in [-0.3, -0.25) is 14.8 Å². The third-order valence-electron chi connectivity index (χ3n) is 7.10. The molecule has 7 nitrogen and oxygen atoms in total. The number of aromatic hydroxyl groups is 1. The molecule has 188 valence electrons. The monoisotopic (exact) mass is 495 g/mol. The number of hydrogen-bond acceptors (Lipinski definition) is 4. The highest BCUT2D eigenvalue weighted by molar-refractivity contribution is 5.95. The molecule has 0 saturated carbocycles. The van der Waals surface area contributed by atoms with E-state index in [9.17, 15) is 14.7 Å². The van der Waals surface area contributed by atoms with Crippen LogP contribution in [0, 0.1) is 0 Å². The fourth-order valence-corrected chi connectivity index (χ4v) is 5.29. The fraction of sp³-hybridized carbons (Fsp3) is 0.200. The summed E-state index contributed by atoms with van der Waals surface area (Å²) in [7, 11) is 2.04. The number of hydroxylamine groups is 1. The van der Waals surface area contributed by atoms with E-state index in [1.165, 1.54) is 17.0 Å². The van der Waals surface area contributed by atoms with Gasteiger partial charge < -0.3 is 14.6 Å². The van der Waals surface area contributed by atoms with Gasteiger partial charge in [0.25, 0.3) is 11.8 Å². The summed E-state index contributed by atoms with van der Waals surface area (Å²) in [5.74, 6) is -0.528. The number of hydrogen-bond donors (Lipinski definition) is 3. The highest BCUT2D eigenvalue weighted by atomic mass is 16.5. The Morgan fingerprint density at radius 1 is 1.11 bits per heavy atom. The number of nitrogens with zero attached hydrogens (tertiary/aromatic N) is 2. The van der Waals surface area contributed by atoms with Crippen molar-refractivity contribution in [2.45, 2.75) is 25.3 Å². The minimum Gasteiger partial charge on any atom is -0.508 e. The molecule has 7 heteroatoms. The van der Waals surface area contributed by atoms with E-state index in [1.54, 1.807) is 35.8 Å². The molecule has 2 amide bonds. The highest BCUT2D eigenvalue weighted by Crippen LogP contribution is 2.38. The van der Waals surface area contributed by atoms with Gasteiger partial charge in [-0.1, -0.05) is 36.4 Å². The average Bonchev–Trinajstić information content (AvgIpc) is 3.48. The summed E-state index contributed by atoms with van der Waals surface area (Å²) in [5, 5.41) is 19.6. The van der Waals surface area contributed by atoms with Gasteiger partial charge >= 0.3 is 0 Å². The van der Waals surface area contributed by atoms with Crippen LogP contribution in [0.15, 0.2) is 79.0 Å². The van der Waals surface area contributed by atoms with Gasteiger partial charge in [0.1, 0.15) is 5.75 Å². The number of nitrogens with one attached hydrogen (secondary N) is 1. The zero-order chi connectivity index (χ0) is 25.9. The number of phenols is 1. The maximum atomic E-state index is 13.8. The summed E-state index contributed by atoms with van der Waals surface area (Å²) in [4.78, 5) is 27.1. The Labute approximate surface area is 215 Å². The second-order valence-corrected chi connectivity index (χ2v) is 9.40.